The molecule has 0 saturated carbocycles. The Bertz CT molecular complexity index is 1590. The number of anilines is 1. The molecular formula is C32H31F3N4O2. The third-order valence-electron chi connectivity index (χ3n) is 9.24. The van der Waals surface area contributed by atoms with Crippen LogP contribution < -0.4 is 5.32 Å². The van der Waals surface area contributed by atoms with Crippen molar-refractivity contribution in [2.75, 3.05) is 32.1 Å². The highest BCUT2D eigenvalue weighted by Gasteiger charge is 2.53. The van der Waals surface area contributed by atoms with Crippen LogP contribution in [0.15, 0.2) is 60.8 Å². The Morgan fingerprint density at radius 2 is 1.76 bits per heavy atom. The fourth-order valence-electron chi connectivity index (χ4n) is 6.64. The van der Waals surface area contributed by atoms with Crippen molar-refractivity contribution in [3.05, 3.63) is 100 Å². The summed E-state index contributed by atoms with van der Waals surface area (Å²) in [5, 5.41) is 2.92. The van der Waals surface area contributed by atoms with E-state index in [1.165, 1.54) is 17.0 Å². The van der Waals surface area contributed by atoms with Gasteiger partial charge in [0.1, 0.15) is 29.7 Å². The van der Waals surface area contributed by atoms with Gasteiger partial charge in [-0.1, -0.05) is 36.4 Å². The third-order valence-corrected chi connectivity index (χ3v) is 9.24. The highest BCUT2D eigenvalue weighted by molar-refractivity contribution is 6.06. The number of carbonyl (C=O) groups excluding carboxylic acids is 2. The number of likely N-dealkylation sites (N-methyl/N-ethyl adjacent to an activating group) is 1. The van der Waals surface area contributed by atoms with Crippen molar-refractivity contribution in [1.82, 2.24) is 14.8 Å². The normalized spacial score (nSPS) is 27.5. The van der Waals surface area contributed by atoms with E-state index in [0.29, 0.717) is 24.2 Å². The lowest BCUT2D eigenvalue weighted by Crippen LogP contribution is -2.70. The summed E-state index contributed by atoms with van der Waals surface area (Å²) >= 11 is 0. The zero-order valence-corrected chi connectivity index (χ0v) is 23.2. The zero-order chi connectivity index (χ0) is 29.2. The smallest absolute Gasteiger partial charge is 0.246 e. The van der Waals surface area contributed by atoms with Crippen molar-refractivity contribution in [3.8, 4) is 0 Å². The van der Waals surface area contributed by atoms with Crippen LogP contribution in [0, 0.1) is 11.6 Å². The first kappa shape index (κ1) is 27.2. The fraction of sp³-hybridized carbons (Fsp3) is 0.344. The number of nitrogens with one attached hydrogen (secondary N) is 1. The molecule has 1 aromatic heterocycles. The van der Waals surface area contributed by atoms with E-state index in [-0.39, 0.29) is 19.0 Å². The molecule has 1 aliphatic carbocycles. The lowest BCUT2D eigenvalue weighted by Gasteiger charge is -2.54. The predicted molar refractivity (Wildman–Crippen MR) is 150 cm³/mol. The van der Waals surface area contributed by atoms with Crippen molar-refractivity contribution < 1.29 is 22.8 Å². The van der Waals surface area contributed by atoms with Crippen LogP contribution in [0.25, 0.3) is 6.08 Å². The van der Waals surface area contributed by atoms with Crippen LogP contribution in [0.5, 0.6) is 0 Å². The highest BCUT2D eigenvalue weighted by atomic mass is 19.1. The molecule has 2 unspecified atom stereocenters. The van der Waals surface area contributed by atoms with Gasteiger partial charge in [0.2, 0.25) is 11.8 Å². The number of benzene rings is 2. The predicted octanol–water partition coefficient (Wildman–Crippen LogP) is 4.78. The van der Waals surface area contributed by atoms with Crippen LogP contribution >= 0.6 is 0 Å². The van der Waals surface area contributed by atoms with E-state index < -0.39 is 40.7 Å². The second-order valence-corrected chi connectivity index (χ2v) is 11.8. The number of hydrogen-bond donors (Lipinski definition) is 1. The summed E-state index contributed by atoms with van der Waals surface area (Å²) in [5.74, 6) is -1.37. The van der Waals surface area contributed by atoms with Crippen molar-refractivity contribution >= 4 is 23.7 Å². The number of amides is 2. The maximum absolute atomic E-state index is 14.2. The van der Waals surface area contributed by atoms with Gasteiger partial charge in [0.05, 0.1) is 11.0 Å². The van der Waals surface area contributed by atoms with E-state index in [1.54, 1.807) is 32.0 Å². The molecular weight excluding hydrogens is 529 g/mol. The SMILES string of the molecule is CN1CC(C)(c2cc(F)cc(F)c2)N(C/C=C/c2ccc3c(c2)C[C@@]2(C3)C(=O)Nc3ncccc32)C(=O)C1(C)CF. The Morgan fingerprint density at radius 3 is 2.49 bits per heavy atom. The number of hydrogen-bond acceptors (Lipinski definition) is 4. The molecule has 6 nitrogen and oxygen atoms in total. The van der Waals surface area contributed by atoms with Crippen LogP contribution in [0.2, 0.25) is 0 Å². The summed E-state index contributed by atoms with van der Waals surface area (Å²) in [5.41, 5.74) is 1.11. The first-order valence-corrected chi connectivity index (χ1v) is 13.6. The second-order valence-electron chi connectivity index (χ2n) is 11.8. The molecule has 3 heterocycles. The molecule has 212 valence electrons. The first-order chi connectivity index (χ1) is 19.5. The summed E-state index contributed by atoms with van der Waals surface area (Å²) in [7, 11) is 1.65. The lowest BCUT2D eigenvalue weighted by atomic mass is 9.79. The number of aromatic nitrogens is 1. The molecule has 3 aliphatic rings. The lowest BCUT2D eigenvalue weighted by molar-refractivity contribution is -0.162. The summed E-state index contributed by atoms with van der Waals surface area (Å²) in [6.07, 6.45) is 6.50. The van der Waals surface area contributed by atoms with E-state index in [9.17, 15) is 22.8 Å². The van der Waals surface area contributed by atoms with E-state index in [1.807, 2.05) is 42.5 Å². The van der Waals surface area contributed by atoms with Crippen molar-refractivity contribution in [3.63, 3.8) is 0 Å². The van der Waals surface area contributed by atoms with Crippen LogP contribution in [0.3, 0.4) is 0 Å². The largest absolute Gasteiger partial charge is 0.327 e. The molecule has 1 N–H and O–H groups in total. The number of halogens is 3. The van der Waals surface area contributed by atoms with Crippen LogP contribution in [0.1, 0.15) is 41.7 Å². The Morgan fingerprint density at radius 1 is 1.02 bits per heavy atom. The molecule has 41 heavy (non-hydrogen) atoms. The molecule has 3 atom stereocenters. The van der Waals surface area contributed by atoms with E-state index in [0.717, 1.165) is 28.3 Å². The summed E-state index contributed by atoms with van der Waals surface area (Å²) < 4.78 is 42.7. The van der Waals surface area contributed by atoms with Crippen LogP contribution in [-0.2, 0) is 33.4 Å². The number of piperazine rings is 1. The van der Waals surface area contributed by atoms with Crippen molar-refractivity contribution in [2.24, 2.45) is 0 Å². The maximum atomic E-state index is 14.2. The van der Waals surface area contributed by atoms with Gasteiger partial charge in [0.15, 0.2) is 0 Å². The van der Waals surface area contributed by atoms with E-state index in [2.05, 4.69) is 10.3 Å². The molecule has 0 bridgehead atoms. The average molecular weight is 561 g/mol. The maximum Gasteiger partial charge on any atom is 0.246 e. The standard InChI is InChI=1S/C32H31F3N4O2/c1-30(18-33)29(41)39(31(2,19-38(30)3)23-13-24(34)15-25(35)14-23)11-5-6-20-8-9-21-16-32(17-22(21)12-20)26-7-4-10-36-27(26)37-28(32)40/h4-10,12-15H,11,16-19H2,1-3H3,(H,36,37,40)/b6-5+/t30?,31?,32-/m1/s1. The molecule has 6 rings (SSSR count). The molecule has 0 radical (unpaired) electrons. The number of carbonyl (C=O) groups is 2. The van der Waals surface area contributed by atoms with Gasteiger partial charge < -0.3 is 10.2 Å². The van der Waals surface area contributed by atoms with Gasteiger partial charge in [-0.3, -0.25) is 14.5 Å². The Hall–Kier alpha value is -3.98. The summed E-state index contributed by atoms with van der Waals surface area (Å²) in [4.78, 5) is 34.2. The Labute approximate surface area is 236 Å². The van der Waals surface area contributed by atoms with Crippen molar-refractivity contribution in [2.45, 2.75) is 43.2 Å². The number of pyridine rings is 1. The van der Waals surface area contributed by atoms with E-state index in [4.69, 9.17) is 0 Å². The average Bonchev–Trinajstić information content (AvgIpc) is 3.45. The topological polar surface area (TPSA) is 65.5 Å². The minimum absolute atomic E-state index is 0.0444. The number of nitrogens with zero attached hydrogens (tertiary/aromatic N) is 3. The van der Waals surface area contributed by atoms with Crippen LogP contribution in [0.4, 0.5) is 19.0 Å². The van der Waals surface area contributed by atoms with Gasteiger partial charge in [0, 0.05) is 30.9 Å². The second kappa shape index (κ2) is 9.55. The summed E-state index contributed by atoms with van der Waals surface area (Å²) in [6, 6.07) is 13.1. The first-order valence-electron chi connectivity index (χ1n) is 13.6. The van der Waals surface area contributed by atoms with Gasteiger partial charge in [-0.15, -0.1) is 0 Å². The fourth-order valence-corrected chi connectivity index (χ4v) is 6.64. The monoisotopic (exact) mass is 560 g/mol. The molecule has 2 aromatic carbocycles. The van der Waals surface area contributed by atoms with Crippen LogP contribution in [-0.4, -0.2) is 58.9 Å². The minimum Gasteiger partial charge on any atom is -0.327 e. The van der Waals surface area contributed by atoms with E-state index >= 15 is 0 Å². The molecule has 1 spiro atoms. The van der Waals surface area contributed by atoms with Crippen molar-refractivity contribution in [1.29, 1.82) is 0 Å². The third kappa shape index (κ3) is 4.17. The molecule has 2 amide bonds. The van der Waals surface area contributed by atoms with Gasteiger partial charge in [-0.25, -0.2) is 18.2 Å². The zero-order valence-electron chi connectivity index (χ0n) is 23.2. The number of fused-ring (bicyclic) bond motifs is 3. The molecule has 3 aromatic rings. The summed E-state index contributed by atoms with van der Waals surface area (Å²) in [6.45, 7) is 2.69. The molecule has 1 saturated heterocycles. The molecule has 1 fully saturated rings. The number of alkyl halides is 1. The molecule has 2 aliphatic heterocycles. The molecule has 9 heteroatoms. The minimum atomic E-state index is -1.39. The van der Waals surface area contributed by atoms with Gasteiger partial charge >= 0.3 is 0 Å². The van der Waals surface area contributed by atoms with Gasteiger partial charge in [0.25, 0.3) is 0 Å². The quantitative estimate of drug-likeness (QED) is 0.488. The Balaban J connectivity index is 1.28. The van der Waals surface area contributed by atoms with Gasteiger partial charge in [-0.05, 0) is 74.2 Å². The highest BCUT2D eigenvalue weighted by Crippen LogP contribution is 2.46. The number of rotatable bonds is 5. The van der Waals surface area contributed by atoms with Gasteiger partial charge in [-0.2, -0.15) is 0 Å². The Kier molecular flexibility index (Phi) is 6.33.